The van der Waals surface area contributed by atoms with E-state index < -0.39 is 5.97 Å². The van der Waals surface area contributed by atoms with Crippen LogP contribution < -0.4 is 14.8 Å². The van der Waals surface area contributed by atoms with Crippen LogP contribution in [-0.4, -0.2) is 32.7 Å². The van der Waals surface area contributed by atoms with Crippen LogP contribution in [0.2, 0.25) is 0 Å². The van der Waals surface area contributed by atoms with Gasteiger partial charge in [-0.3, -0.25) is 4.79 Å². The molecule has 6 nitrogen and oxygen atoms in total. The minimum Gasteiger partial charge on any atom is -0.493 e. The van der Waals surface area contributed by atoms with Gasteiger partial charge in [0.25, 0.3) is 0 Å². The van der Waals surface area contributed by atoms with Crippen molar-refractivity contribution >= 4 is 28.2 Å². The molecule has 2 aromatic carbocycles. The lowest BCUT2D eigenvalue weighted by atomic mass is 10.0. The summed E-state index contributed by atoms with van der Waals surface area (Å²) >= 11 is 1.33. The minimum atomic E-state index is -0.441. The van der Waals surface area contributed by atoms with Gasteiger partial charge in [0, 0.05) is 17.4 Å². The Morgan fingerprint density at radius 1 is 0.939 bits per heavy atom. The first-order valence-corrected chi connectivity index (χ1v) is 11.8. The van der Waals surface area contributed by atoms with Gasteiger partial charge in [0.1, 0.15) is 10.6 Å². The SMILES string of the molecule is CCOC(=O)c1c(-c2ccc(CC)cc2)csc1NC(=O)CCc1ccc(OC)c(OC)c1. The van der Waals surface area contributed by atoms with Crippen molar-refractivity contribution in [2.45, 2.75) is 33.1 Å². The molecule has 1 N–H and O–H groups in total. The number of methoxy groups -OCH3 is 2. The molecule has 0 spiro atoms. The number of rotatable bonds is 10. The number of esters is 1. The Labute approximate surface area is 198 Å². The molecule has 0 aliphatic rings. The molecule has 0 saturated carbocycles. The van der Waals surface area contributed by atoms with Crippen molar-refractivity contribution in [2.24, 2.45) is 0 Å². The summed E-state index contributed by atoms with van der Waals surface area (Å²) in [6, 6.07) is 13.7. The van der Waals surface area contributed by atoms with Crippen molar-refractivity contribution in [1.29, 1.82) is 0 Å². The summed E-state index contributed by atoms with van der Waals surface area (Å²) in [6.07, 6.45) is 1.73. The van der Waals surface area contributed by atoms with E-state index in [2.05, 4.69) is 12.2 Å². The van der Waals surface area contributed by atoms with Crippen molar-refractivity contribution in [2.75, 3.05) is 26.1 Å². The Morgan fingerprint density at radius 2 is 1.64 bits per heavy atom. The fourth-order valence-electron chi connectivity index (χ4n) is 3.47. The molecule has 0 unspecified atom stereocenters. The maximum atomic E-state index is 12.7. The van der Waals surface area contributed by atoms with Crippen LogP contribution in [0.25, 0.3) is 11.1 Å². The van der Waals surface area contributed by atoms with Crippen LogP contribution in [0.3, 0.4) is 0 Å². The zero-order valence-electron chi connectivity index (χ0n) is 19.4. The number of carbonyl (C=O) groups excluding carboxylic acids is 2. The number of ether oxygens (including phenoxy) is 3. The van der Waals surface area contributed by atoms with E-state index in [-0.39, 0.29) is 18.9 Å². The Hall–Kier alpha value is -3.32. The quantitative estimate of drug-likeness (QED) is 0.385. The van der Waals surface area contributed by atoms with Gasteiger partial charge in [-0.15, -0.1) is 11.3 Å². The second kappa shape index (κ2) is 11.5. The van der Waals surface area contributed by atoms with E-state index in [1.165, 1.54) is 16.9 Å². The molecular formula is C26H29NO5S. The number of nitrogens with one attached hydrogen (secondary N) is 1. The fraction of sp³-hybridized carbons (Fsp3) is 0.308. The summed E-state index contributed by atoms with van der Waals surface area (Å²) in [6.45, 7) is 4.12. The summed E-state index contributed by atoms with van der Waals surface area (Å²) in [5.41, 5.74) is 4.24. The Bertz CT molecular complexity index is 1100. The number of anilines is 1. The molecule has 1 amide bonds. The molecule has 0 fully saturated rings. The molecule has 0 bridgehead atoms. The van der Waals surface area contributed by atoms with Crippen molar-refractivity contribution in [3.05, 3.63) is 64.5 Å². The third-order valence-corrected chi connectivity index (χ3v) is 6.18. The lowest BCUT2D eigenvalue weighted by molar-refractivity contribution is -0.116. The normalized spacial score (nSPS) is 10.5. The van der Waals surface area contributed by atoms with E-state index in [1.807, 2.05) is 47.8 Å². The van der Waals surface area contributed by atoms with Gasteiger partial charge in [0.15, 0.2) is 11.5 Å². The van der Waals surface area contributed by atoms with Crippen LogP contribution >= 0.6 is 11.3 Å². The van der Waals surface area contributed by atoms with Crippen LogP contribution in [0, 0.1) is 0 Å². The summed E-state index contributed by atoms with van der Waals surface area (Å²) < 4.78 is 15.9. The summed E-state index contributed by atoms with van der Waals surface area (Å²) in [5, 5.41) is 5.29. The van der Waals surface area contributed by atoms with Crippen LogP contribution in [0.1, 0.15) is 41.8 Å². The number of aryl methyl sites for hydroxylation is 2. The first-order chi connectivity index (χ1) is 16.0. The number of carbonyl (C=O) groups is 2. The highest BCUT2D eigenvalue weighted by Gasteiger charge is 2.23. The Balaban J connectivity index is 1.77. The summed E-state index contributed by atoms with van der Waals surface area (Å²) in [7, 11) is 3.16. The van der Waals surface area contributed by atoms with Crippen LogP contribution in [0.5, 0.6) is 11.5 Å². The summed E-state index contributed by atoms with van der Waals surface area (Å²) in [5.74, 6) is 0.647. The molecule has 174 valence electrons. The molecule has 7 heteroatoms. The third kappa shape index (κ3) is 5.93. The minimum absolute atomic E-state index is 0.176. The number of benzene rings is 2. The van der Waals surface area contributed by atoms with E-state index in [9.17, 15) is 9.59 Å². The second-order valence-corrected chi connectivity index (χ2v) is 8.24. The predicted octanol–water partition coefficient (Wildman–Crippen LogP) is 5.74. The average molecular weight is 468 g/mol. The van der Waals surface area contributed by atoms with E-state index in [0.717, 1.165) is 23.1 Å². The standard InChI is InChI=1S/C26H29NO5S/c1-5-17-7-11-19(12-8-17)20-16-33-25(24(20)26(29)32-6-2)27-23(28)14-10-18-9-13-21(30-3)22(15-18)31-4/h7-9,11-13,15-16H,5-6,10,14H2,1-4H3,(H,27,28). The largest absolute Gasteiger partial charge is 0.493 e. The van der Waals surface area contributed by atoms with Gasteiger partial charge in [0.05, 0.1) is 20.8 Å². The molecule has 0 atom stereocenters. The van der Waals surface area contributed by atoms with Gasteiger partial charge in [-0.1, -0.05) is 37.3 Å². The molecule has 3 rings (SSSR count). The molecule has 0 radical (unpaired) electrons. The zero-order chi connectivity index (χ0) is 23.8. The fourth-order valence-corrected chi connectivity index (χ4v) is 4.44. The highest BCUT2D eigenvalue weighted by molar-refractivity contribution is 7.15. The number of hydrogen-bond donors (Lipinski definition) is 1. The first kappa shape index (κ1) is 24.3. The van der Waals surface area contributed by atoms with Crippen molar-refractivity contribution in [3.8, 4) is 22.6 Å². The Morgan fingerprint density at radius 3 is 2.27 bits per heavy atom. The van der Waals surface area contributed by atoms with E-state index in [1.54, 1.807) is 21.1 Å². The average Bonchev–Trinajstić information content (AvgIpc) is 3.26. The molecule has 3 aromatic rings. The molecule has 33 heavy (non-hydrogen) atoms. The smallest absolute Gasteiger partial charge is 0.341 e. The highest BCUT2D eigenvalue weighted by atomic mass is 32.1. The van der Waals surface area contributed by atoms with Crippen LogP contribution in [0.4, 0.5) is 5.00 Å². The summed E-state index contributed by atoms with van der Waals surface area (Å²) in [4.78, 5) is 25.5. The molecule has 0 aliphatic heterocycles. The maximum Gasteiger partial charge on any atom is 0.341 e. The monoisotopic (exact) mass is 467 g/mol. The predicted molar refractivity (Wildman–Crippen MR) is 132 cm³/mol. The van der Waals surface area contributed by atoms with Gasteiger partial charge in [0.2, 0.25) is 5.91 Å². The van der Waals surface area contributed by atoms with Gasteiger partial charge in [-0.2, -0.15) is 0 Å². The van der Waals surface area contributed by atoms with Crippen LogP contribution in [-0.2, 0) is 22.4 Å². The molecule has 0 saturated heterocycles. The number of amides is 1. The van der Waals surface area contributed by atoms with Gasteiger partial charge < -0.3 is 19.5 Å². The molecule has 0 aliphatic carbocycles. The van der Waals surface area contributed by atoms with Crippen molar-refractivity contribution in [1.82, 2.24) is 0 Å². The van der Waals surface area contributed by atoms with Gasteiger partial charge in [-0.25, -0.2) is 4.79 Å². The van der Waals surface area contributed by atoms with Crippen molar-refractivity contribution in [3.63, 3.8) is 0 Å². The second-order valence-electron chi connectivity index (χ2n) is 7.36. The zero-order valence-corrected chi connectivity index (χ0v) is 20.2. The number of thiophene rings is 1. The van der Waals surface area contributed by atoms with Crippen LogP contribution in [0.15, 0.2) is 47.8 Å². The van der Waals surface area contributed by atoms with E-state index in [0.29, 0.717) is 28.5 Å². The molecule has 1 aromatic heterocycles. The first-order valence-electron chi connectivity index (χ1n) is 10.9. The molecular weight excluding hydrogens is 438 g/mol. The lowest BCUT2D eigenvalue weighted by Gasteiger charge is -2.10. The van der Waals surface area contributed by atoms with E-state index >= 15 is 0 Å². The maximum absolute atomic E-state index is 12.7. The van der Waals surface area contributed by atoms with Gasteiger partial charge in [-0.05, 0) is 48.6 Å². The van der Waals surface area contributed by atoms with Gasteiger partial charge >= 0.3 is 5.97 Å². The molecule has 1 heterocycles. The third-order valence-electron chi connectivity index (χ3n) is 5.29. The van der Waals surface area contributed by atoms with Crippen molar-refractivity contribution < 1.29 is 23.8 Å². The van der Waals surface area contributed by atoms with E-state index in [4.69, 9.17) is 14.2 Å². The highest BCUT2D eigenvalue weighted by Crippen LogP contribution is 2.36. The Kier molecular flexibility index (Phi) is 8.49. The lowest BCUT2D eigenvalue weighted by Crippen LogP contribution is -2.15. The topological polar surface area (TPSA) is 73.9 Å². The number of hydrogen-bond acceptors (Lipinski definition) is 6.